The summed E-state index contributed by atoms with van der Waals surface area (Å²) in [6.45, 7) is 8.19. The second kappa shape index (κ2) is 10.7. The predicted octanol–water partition coefficient (Wildman–Crippen LogP) is 3.50. The molecule has 0 saturated carbocycles. The average Bonchev–Trinajstić information content (AvgIpc) is 3.23. The Hall–Kier alpha value is -2.03. The molecular formula is C22H31IN4O2. The first-order chi connectivity index (χ1) is 13.5. The van der Waals surface area contributed by atoms with Gasteiger partial charge in [0.25, 0.3) is 5.91 Å². The van der Waals surface area contributed by atoms with Crippen LogP contribution in [0.1, 0.15) is 30.0 Å². The zero-order valence-electron chi connectivity index (χ0n) is 17.4. The van der Waals surface area contributed by atoms with Crippen LogP contribution >= 0.6 is 24.0 Å². The molecule has 1 aromatic carbocycles. The largest absolute Gasteiger partial charge is 0.459 e. The Balaban J connectivity index is 0.00000300. The number of hydrogen-bond donors (Lipinski definition) is 1. The molecule has 1 amide bonds. The highest BCUT2D eigenvalue weighted by Crippen LogP contribution is 2.21. The number of rotatable bonds is 5. The maximum absolute atomic E-state index is 12.4. The number of furan rings is 1. The van der Waals surface area contributed by atoms with Crippen molar-refractivity contribution < 1.29 is 9.21 Å². The maximum atomic E-state index is 12.4. The fourth-order valence-corrected chi connectivity index (χ4v) is 3.54. The van der Waals surface area contributed by atoms with Gasteiger partial charge in [-0.1, -0.05) is 44.2 Å². The summed E-state index contributed by atoms with van der Waals surface area (Å²) in [6.07, 6.45) is 2.54. The fraction of sp³-hybridized carbons (Fsp3) is 0.455. The number of carbonyl (C=O) groups excluding carboxylic acids is 1. The SMILES string of the molecule is CN=C(NCC(C)(C)Cc1ccccc1)N1CCN(C(=O)c2ccco2)CC1.I. The summed E-state index contributed by atoms with van der Waals surface area (Å²) >= 11 is 0. The molecule has 1 aliphatic rings. The van der Waals surface area contributed by atoms with Crippen molar-refractivity contribution in [3.8, 4) is 0 Å². The van der Waals surface area contributed by atoms with E-state index in [9.17, 15) is 4.79 Å². The van der Waals surface area contributed by atoms with E-state index in [4.69, 9.17) is 4.42 Å². The molecule has 0 spiro atoms. The molecule has 3 rings (SSSR count). The number of carbonyl (C=O) groups is 1. The molecule has 2 heterocycles. The minimum absolute atomic E-state index is 0. The number of nitrogens with zero attached hydrogens (tertiary/aromatic N) is 3. The van der Waals surface area contributed by atoms with Crippen molar-refractivity contribution in [3.63, 3.8) is 0 Å². The molecule has 6 nitrogen and oxygen atoms in total. The lowest BCUT2D eigenvalue weighted by Crippen LogP contribution is -2.54. The zero-order chi connectivity index (χ0) is 20.0. The molecule has 0 radical (unpaired) electrons. The highest BCUT2D eigenvalue weighted by atomic mass is 127. The lowest BCUT2D eigenvalue weighted by Gasteiger charge is -2.37. The van der Waals surface area contributed by atoms with Gasteiger partial charge in [-0.25, -0.2) is 0 Å². The molecule has 1 fully saturated rings. The summed E-state index contributed by atoms with van der Waals surface area (Å²) in [4.78, 5) is 20.9. The van der Waals surface area contributed by atoms with Crippen molar-refractivity contribution in [2.45, 2.75) is 20.3 Å². The van der Waals surface area contributed by atoms with Gasteiger partial charge in [-0.2, -0.15) is 0 Å². The van der Waals surface area contributed by atoms with Crippen LogP contribution < -0.4 is 5.32 Å². The molecule has 0 atom stereocenters. The van der Waals surface area contributed by atoms with E-state index in [1.54, 1.807) is 12.1 Å². The van der Waals surface area contributed by atoms with E-state index in [0.717, 1.165) is 32.0 Å². The van der Waals surface area contributed by atoms with Crippen molar-refractivity contribution >= 4 is 35.8 Å². The van der Waals surface area contributed by atoms with Gasteiger partial charge in [0.05, 0.1) is 6.26 Å². The number of guanidine groups is 1. The Kier molecular flexibility index (Phi) is 8.55. The second-order valence-corrected chi connectivity index (χ2v) is 7.98. The number of hydrogen-bond acceptors (Lipinski definition) is 3. The van der Waals surface area contributed by atoms with Crippen molar-refractivity contribution in [1.82, 2.24) is 15.1 Å². The molecule has 1 saturated heterocycles. The number of halogens is 1. The molecular weight excluding hydrogens is 479 g/mol. The van der Waals surface area contributed by atoms with E-state index in [-0.39, 0.29) is 35.3 Å². The van der Waals surface area contributed by atoms with Crippen LogP contribution in [0.15, 0.2) is 58.1 Å². The number of benzene rings is 1. The first kappa shape index (κ1) is 23.3. The molecule has 0 aliphatic carbocycles. The Bertz CT molecular complexity index is 782. The van der Waals surface area contributed by atoms with Crippen LogP contribution in [0, 0.1) is 5.41 Å². The lowest BCUT2D eigenvalue weighted by atomic mass is 9.86. The number of aliphatic imine (C=N–C) groups is 1. The first-order valence-electron chi connectivity index (χ1n) is 9.81. The average molecular weight is 510 g/mol. The van der Waals surface area contributed by atoms with Crippen LogP contribution in [-0.2, 0) is 6.42 Å². The summed E-state index contributed by atoms with van der Waals surface area (Å²) in [5.74, 6) is 1.25. The van der Waals surface area contributed by atoms with E-state index in [1.165, 1.54) is 11.8 Å². The van der Waals surface area contributed by atoms with Crippen LogP contribution in [0.5, 0.6) is 0 Å². The summed E-state index contributed by atoms with van der Waals surface area (Å²) in [6, 6.07) is 14.0. The number of nitrogens with one attached hydrogen (secondary N) is 1. The summed E-state index contributed by atoms with van der Waals surface area (Å²) in [5, 5.41) is 3.53. The fourth-order valence-electron chi connectivity index (χ4n) is 3.54. The normalized spacial score (nSPS) is 15.1. The minimum Gasteiger partial charge on any atom is -0.459 e. The van der Waals surface area contributed by atoms with Crippen LogP contribution in [0.3, 0.4) is 0 Å². The standard InChI is InChI=1S/C22H30N4O2.HI/c1-22(2,16-18-8-5-4-6-9-18)17-24-21(23-3)26-13-11-25(12-14-26)20(27)19-10-7-15-28-19;/h4-10,15H,11-14,16-17H2,1-3H3,(H,23,24);1H. The molecule has 0 unspecified atom stereocenters. The second-order valence-electron chi connectivity index (χ2n) is 7.98. The van der Waals surface area contributed by atoms with Crippen LogP contribution in [0.2, 0.25) is 0 Å². The topological polar surface area (TPSA) is 61.1 Å². The van der Waals surface area contributed by atoms with Crippen molar-refractivity contribution in [3.05, 3.63) is 60.1 Å². The monoisotopic (exact) mass is 510 g/mol. The van der Waals surface area contributed by atoms with E-state index in [2.05, 4.69) is 53.3 Å². The van der Waals surface area contributed by atoms with Gasteiger partial charge < -0.3 is 19.5 Å². The van der Waals surface area contributed by atoms with Gasteiger partial charge in [-0.3, -0.25) is 9.79 Å². The maximum Gasteiger partial charge on any atom is 0.289 e. The Labute approximate surface area is 190 Å². The number of piperazine rings is 1. The van der Waals surface area contributed by atoms with E-state index < -0.39 is 0 Å². The van der Waals surface area contributed by atoms with Crippen LogP contribution in [0.4, 0.5) is 0 Å². The van der Waals surface area contributed by atoms with E-state index in [0.29, 0.717) is 18.8 Å². The molecule has 158 valence electrons. The van der Waals surface area contributed by atoms with E-state index in [1.807, 2.05) is 18.0 Å². The minimum atomic E-state index is -0.0448. The summed E-state index contributed by atoms with van der Waals surface area (Å²) in [7, 11) is 1.81. The highest BCUT2D eigenvalue weighted by Gasteiger charge is 2.26. The number of amides is 1. The molecule has 1 aliphatic heterocycles. The smallest absolute Gasteiger partial charge is 0.289 e. The lowest BCUT2D eigenvalue weighted by molar-refractivity contribution is 0.0657. The van der Waals surface area contributed by atoms with Gasteiger partial charge >= 0.3 is 0 Å². The van der Waals surface area contributed by atoms with Gasteiger partial charge in [0.1, 0.15) is 0 Å². The third-order valence-electron chi connectivity index (χ3n) is 5.06. The summed E-state index contributed by atoms with van der Waals surface area (Å²) in [5.41, 5.74) is 1.45. The zero-order valence-corrected chi connectivity index (χ0v) is 19.8. The predicted molar refractivity (Wildman–Crippen MR) is 127 cm³/mol. The van der Waals surface area contributed by atoms with Gasteiger partial charge in [-0.05, 0) is 29.5 Å². The quantitative estimate of drug-likeness (QED) is 0.380. The van der Waals surface area contributed by atoms with Crippen LogP contribution in [-0.4, -0.2) is 61.4 Å². The third-order valence-corrected chi connectivity index (χ3v) is 5.06. The molecule has 1 N–H and O–H groups in total. The van der Waals surface area contributed by atoms with Crippen molar-refractivity contribution in [2.75, 3.05) is 39.8 Å². The van der Waals surface area contributed by atoms with Gasteiger partial charge in [0.15, 0.2) is 11.7 Å². The highest BCUT2D eigenvalue weighted by molar-refractivity contribution is 14.0. The van der Waals surface area contributed by atoms with E-state index >= 15 is 0 Å². The molecule has 1 aromatic heterocycles. The summed E-state index contributed by atoms with van der Waals surface area (Å²) < 4.78 is 5.23. The van der Waals surface area contributed by atoms with Crippen LogP contribution in [0.25, 0.3) is 0 Å². The third kappa shape index (κ3) is 6.48. The molecule has 29 heavy (non-hydrogen) atoms. The van der Waals surface area contributed by atoms with Gasteiger partial charge in [0.2, 0.25) is 0 Å². The Morgan fingerprint density at radius 3 is 2.31 bits per heavy atom. The van der Waals surface area contributed by atoms with Gasteiger partial charge in [0, 0.05) is 39.8 Å². The van der Waals surface area contributed by atoms with Crippen molar-refractivity contribution in [1.29, 1.82) is 0 Å². The van der Waals surface area contributed by atoms with Crippen molar-refractivity contribution in [2.24, 2.45) is 10.4 Å². The molecule has 2 aromatic rings. The molecule has 7 heteroatoms. The van der Waals surface area contributed by atoms with Gasteiger partial charge in [-0.15, -0.1) is 24.0 Å². The Morgan fingerprint density at radius 1 is 1.07 bits per heavy atom. The Morgan fingerprint density at radius 2 is 1.72 bits per heavy atom. The first-order valence-corrected chi connectivity index (χ1v) is 9.81. The molecule has 0 bridgehead atoms.